The average Bonchev–Trinajstić information content (AvgIpc) is 3.16. The van der Waals surface area contributed by atoms with Gasteiger partial charge in [-0.3, -0.25) is 18.6 Å². The SMILES string of the molecule is CCCCCCCCCC/C=C\CCCCCCCCCC(=O)OC[C@H](COP(=O)(O)OCC[N+](C)(C)C)OC(=O)CCCCCCCCCCCCCCCC. The van der Waals surface area contributed by atoms with E-state index in [1.807, 2.05) is 21.1 Å². The van der Waals surface area contributed by atoms with E-state index in [9.17, 15) is 19.0 Å². The summed E-state index contributed by atoms with van der Waals surface area (Å²) in [5, 5.41) is 0. The van der Waals surface area contributed by atoms with Crippen LogP contribution in [0.3, 0.4) is 0 Å². The van der Waals surface area contributed by atoms with E-state index in [0.717, 1.165) is 32.1 Å². The zero-order chi connectivity index (χ0) is 42.1. The molecule has 0 aromatic heterocycles. The van der Waals surface area contributed by atoms with E-state index in [4.69, 9.17) is 18.5 Å². The topological polar surface area (TPSA) is 108 Å². The monoisotopic (exact) mass is 831 g/mol. The second-order valence-electron chi connectivity index (χ2n) is 17.5. The quantitative estimate of drug-likeness (QED) is 0.0213. The molecule has 0 aliphatic rings. The Morgan fingerprint density at radius 2 is 0.895 bits per heavy atom. The summed E-state index contributed by atoms with van der Waals surface area (Å²) in [5.74, 6) is -0.791. The number of likely N-dealkylation sites (N-methyl/N-ethyl adjacent to an activating group) is 1. The summed E-state index contributed by atoms with van der Waals surface area (Å²) < 4.78 is 34.4. The van der Waals surface area contributed by atoms with Gasteiger partial charge in [0.05, 0.1) is 27.7 Å². The van der Waals surface area contributed by atoms with Crippen molar-refractivity contribution >= 4 is 19.8 Å². The van der Waals surface area contributed by atoms with Crippen molar-refractivity contribution in [1.29, 1.82) is 0 Å². The molecular weight excluding hydrogens is 737 g/mol. The number of carbonyl (C=O) groups is 2. The Labute approximate surface area is 352 Å². The van der Waals surface area contributed by atoms with Crippen LogP contribution in [0.25, 0.3) is 0 Å². The zero-order valence-corrected chi connectivity index (χ0v) is 39.0. The Bertz CT molecular complexity index is 985. The Morgan fingerprint density at radius 3 is 1.30 bits per heavy atom. The summed E-state index contributed by atoms with van der Waals surface area (Å²) in [4.78, 5) is 35.4. The van der Waals surface area contributed by atoms with Crippen molar-refractivity contribution in [3.63, 3.8) is 0 Å². The van der Waals surface area contributed by atoms with Crippen molar-refractivity contribution in [1.82, 2.24) is 0 Å². The third-order valence-corrected chi connectivity index (χ3v) is 11.5. The van der Waals surface area contributed by atoms with Crippen LogP contribution in [0.5, 0.6) is 0 Å². The molecule has 0 fully saturated rings. The molecule has 0 radical (unpaired) electrons. The number of allylic oxidation sites excluding steroid dienone is 2. The Kier molecular flexibility index (Phi) is 39.3. The van der Waals surface area contributed by atoms with Crippen LogP contribution in [0.2, 0.25) is 0 Å². The second-order valence-corrected chi connectivity index (χ2v) is 19.0. The molecule has 10 heteroatoms. The van der Waals surface area contributed by atoms with Crippen LogP contribution in [-0.4, -0.2) is 74.9 Å². The first kappa shape index (κ1) is 55.8. The van der Waals surface area contributed by atoms with Gasteiger partial charge in [0.25, 0.3) is 0 Å². The van der Waals surface area contributed by atoms with Gasteiger partial charge < -0.3 is 18.9 Å². The van der Waals surface area contributed by atoms with Crippen LogP contribution in [0, 0.1) is 0 Å². The lowest BCUT2D eigenvalue weighted by Gasteiger charge is -2.24. The summed E-state index contributed by atoms with van der Waals surface area (Å²) in [6.07, 6.45) is 42.5. The highest BCUT2D eigenvalue weighted by Gasteiger charge is 2.27. The molecule has 0 heterocycles. The molecule has 0 saturated carbocycles. The molecule has 338 valence electrons. The standard InChI is InChI=1S/C47H92NO8P/c1-6-8-10-12-14-16-18-20-22-23-24-25-26-28-29-31-33-35-37-39-46(49)53-43-45(44-55-57(51,52)54-42-41-48(3,4)5)56-47(50)40-38-36-34-32-30-27-21-19-17-15-13-11-9-7-2/h23-24,45H,6-22,25-44H2,1-5H3/p+1/b24-23-/t45-/m1/s1. The van der Waals surface area contributed by atoms with Gasteiger partial charge in [-0.05, 0) is 38.5 Å². The molecule has 1 unspecified atom stereocenters. The number of rotatable bonds is 44. The van der Waals surface area contributed by atoms with Crippen LogP contribution in [0.1, 0.15) is 226 Å². The normalized spacial score (nSPS) is 13.6. The first-order chi connectivity index (χ1) is 27.5. The minimum atomic E-state index is -4.37. The van der Waals surface area contributed by atoms with E-state index < -0.39 is 26.5 Å². The highest BCUT2D eigenvalue weighted by Crippen LogP contribution is 2.43. The molecule has 0 amide bonds. The molecule has 0 rings (SSSR count). The number of nitrogens with zero attached hydrogens (tertiary/aromatic N) is 1. The summed E-state index contributed by atoms with van der Waals surface area (Å²) in [6, 6.07) is 0. The summed E-state index contributed by atoms with van der Waals surface area (Å²) in [5.41, 5.74) is 0. The number of hydrogen-bond acceptors (Lipinski definition) is 7. The van der Waals surface area contributed by atoms with Crippen LogP contribution in [0.4, 0.5) is 0 Å². The predicted octanol–water partition coefficient (Wildman–Crippen LogP) is 13.8. The third-order valence-electron chi connectivity index (χ3n) is 10.5. The van der Waals surface area contributed by atoms with Crippen molar-refractivity contribution in [2.45, 2.75) is 232 Å². The van der Waals surface area contributed by atoms with Crippen LogP contribution < -0.4 is 0 Å². The summed E-state index contributed by atoms with van der Waals surface area (Å²) in [7, 11) is 1.49. The molecule has 0 aromatic rings. The second kappa shape index (κ2) is 40.2. The lowest BCUT2D eigenvalue weighted by atomic mass is 10.0. The predicted molar refractivity (Wildman–Crippen MR) is 238 cm³/mol. The number of unbranched alkanes of at least 4 members (excludes halogenated alkanes) is 28. The van der Waals surface area contributed by atoms with Crippen molar-refractivity contribution in [2.24, 2.45) is 0 Å². The maximum atomic E-state index is 12.7. The number of quaternary nitrogens is 1. The Hall–Kier alpha value is -1.25. The Balaban J connectivity index is 4.26. The fourth-order valence-electron chi connectivity index (χ4n) is 6.77. The van der Waals surface area contributed by atoms with E-state index >= 15 is 0 Å². The number of hydrogen-bond donors (Lipinski definition) is 1. The maximum Gasteiger partial charge on any atom is 0.472 e. The Morgan fingerprint density at radius 1 is 0.526 bits per heavy atom. The van der Waals surface area contributed by atoms with Crippen molar-refractivity contribution < 1.29 is 42.1 Å². The van der Waals surface area contributed by atoms with Crippen LogP contribution >= 0.6 is 7.82 Å². The van der Waals surface area contributed by atoms with E-state index in [-0.39, 0.29) is 32.0 Å². The zero-order valence-electron chi connectivity index (χ0n) is 38.1. The van der Waals surface area contributed by atoms with Gasteiger partial charge >= 0.3 is 19.8 Å². The maximum absolute atomic E-state index is 12.7. The third kappa shape index (κ3) is 44.1. The summed E-state index contributed by atoms with van der Waals surface area (Å²) in [6.45, 7) is 4.45. The smallest absolute Gasteiger partial charge is 0.462 e. The van der Waals surface area contributed by atoms with Gasteiger partial charge in [-0.1, -0.05) is 187 Å². The van der Waals surface area contributed by atoms with Gasteiger partial charge in [-0.15, -0.1) is 0 Å². The number of esters is 2. The van der Waals surface area contributed by atoms with Crippen LogP contribution in [-0.2, 0) is 32.7 Å². The molecule has 0 spiro atoms. The van der Waals surface area contributed by atoms with Gasteiger partial charge in [-0.2, -0.15) is 0 Å². The van der Waals surface area contributed by atoms with Gasteiger partial charge in [-0.25, -0.2) is 4.57 Å². The fraction of sp³-hybridized carbons (Fsp3) is 0.915. The van der Waals surface area contributed by atoms with Crippen LogP contribution in [0.15, 0.2) is 12.2 Å². The highest BCUT2D eigenvalue weighted by molar-refractivity contribution is 7.47. The van der Waals surface area contributed by atoms with Gasteiger partial charge in [0, 0.05) is 12.8 Å². The largest absolute Gasteiger partial charge is 0.472 e. The van der Waals surface area contributed by atoms with E-state index in [1.54, 1.807) is 0 Å². The van der Waals surface area contributed by atoms with Crippen molar-refractivity contribution in [3.05, 3.63) is 12.2 Å². The molecule has 57 heavy (non-hydrogen) atoms. The number of phosphoric acid groups is 1. The van der Waals surface area contributed by atoms with E-state index in [0.29, 0.717) is 17.4 Å². The lowest BCUT2D eigenvalue weighted by Crippen LogP contribution is -2.37. The first-order valence-corrected chi connectivity index (χ1v) is 25.4. The highest BCUT2D eigenvalue weighted by atomic mass is 31.2. The average molecular weight is 831 g/mol. The van der Waals surface area contributed by atoms with E-state index in [2.05, 4.69) is 26.0 Å². The summed E-state index contributed by atoms with van der Waals surface area (Å²) >= 11 is 0. The van der Waals surface area contributed by atoms with Gasteiger partial charge in [0.2, 0.25) is 0 Å². The fourth-order valence-corrected chi connectivity index (χ4v) is 7.52. The molecule has 0 aliphatic heterocycles. The molecule has 9 nitrogen and oxygen atoms in total. The minimum absolute atomic E-state index is 0.0344. The molecular formula is C47H93NO8P+. The molecule has 0 bridgehead atoms. The molecule has 2 atom stereocenters. The van der Waals surface area contributed by atoms with E-state index in [1.165, 1.54) is 161 Å². The first-order valence-electron chi connectivity index (χ1n) is 23.9. The number of carbonyl (C=O) groups excluding carboxylic acids is 2. The van der Waals surface area contributed by atoms with Crippen molar-refractivity contribution in [3.8, 4) is 0 Å². The van der Waals surface area contributed by atoms with Gasteiger partial charge in [0.15, 0.2) is 6.10 Å². The molecule has 0 saturated heterocycles. The van der Waals surface area contributed by atoms with Crippen molar-refractivity contribution in [2.75, 3.05) is 47.5 Å². The molecule has 1 N–H and O–H groups in total. The molecule has 0 aliphatic carbocycles. The lowest BCUT2D eigenvalue weighted by molar-refractivity contribution is -0.870. The number of ether oxygens (including phenoxy) is 2. The minimum Gasteiger partial charge on any atom is -0.462 e. The number of phosphoric ester groups is 1. The molecule has 0 aromatic carbocycles. The van der Waals surface area contributed by atoms with Gasteiger partial charge in [0.1, 0.15) is 19.8 Å².